The fourth-order valence-electron chi connectivity index (χ4n) is 2.72. The molecule has 0 bridgehead atoms. The van der Waals surface area contributed by atoms with Crippen molar-refractivity contribution in [2.24, 2.45) is 7.05 Å². The number of ether oxygens (including phenoxy) is 1. The molecule has 3 rings (SSSR count). The number of piperazine rings is 1. The van der Waals surface area contributed by atoms with Gasteiger partial charge in [-0.2, -0.15) is 5.10 Å². The van der Waals surface area contributed by atoms with Crippen molar-refractivity contribution in [2.75, 3.05) is 38.2 Å². The summed E-state index contributed by atoms with van der Waals surface area (Å²) in [6.07, 6.45) is 3.53. The molecule has 1 saturated heterocycles. The first kappa shape index (κ1) is 15.5. The predicted octanol–water partition coefficient (Wildman–Crippen LogP) is 0.506. The summed E-state index contributed by atoms with van der Waals surface area (Å²) in [5.74, 6) is 0.646. The Morgan fingerprint density at radius 3 is 2.70 bits per heavy atom. The van der Waals surface area contributed by atoms with Crippen molar-refractivity contribution in [3.8, 4) is 5.88 Å². The Hall–Kier alpha value is -2.41. The SMILES string of the molecule is COc1cc(CN2CCN(c3cnn(C)c(=O)c3)CC2)ccn1. The van der Waals surface area contributed by atoms with Gasteiger partial charge in [-0.25, -0.2) is 9.67 Å². The van der Waals surface area contributed by atoms with Crippen molar-refractivity contribution >= 4 is 5.69 Å². The second-order valence-corrected chi connectivity index (χ2v) is 5.65. The van der Waals surface area contributed by atoms with E-state index in [4.69, 9.17) is 4.74 Å². The molecule has 0 amide bonds. The first-order valence-corrected chi connectivity index (χ1v) is 7.65. The summed E-state index contributed by atoms with van der Waals surface area (Å²) in [5.41, 5.74) is 2.02. The van der Waals surface area contributed by atoms with E-state index in [0.29, 0.717) is 5.88 Å². The number of anilines is 1. The molecule has 2 aromatic heterocycles. The standard InChI is InChI=1S/C16H21N5O2/c1-19-16(22)10-14(11-18-19)21-7-5-20(6-8-21)12-13-3-4-17-15(9-13)23-2/h3-4,9-11H,5-8,12H2,1-2H3. The largest absolute Gasteiger partial charge is 0.481 e. The van der Waals surface area contributed by atoms with Crippen LogP contribution in [0.15, 0.2) is 35.4 Å². The molecule has 0 saturated carbocycles. The van der Waals surface area contributed by atoms with Gasteiger partial charge in [-0.05, 0) is 11.6 Å². The van der Waals surface area contributed by atoms with E-state index in [0.717, 1.165) is 38.4 Å². The van der Waals surface area contributed by atoms with Crippen LogP contribution in [0.3, 0.4) is 0 Å². The average Bonchev–Trinajstić information content (AvgIpc) is 2.58. The molecule has 0 N–H and O–H groups in total. The molecule has 7 heteroatoms. The zero-order valence-electron chi connectivity index (χ0n) is 13.5. The van der Waals surface area contributed by atoms with Crippen LogP contribution in [0.4, 0.5) is 5.69 Å². The number of pyridine rings is 1. The zero-order chi connectivity index (χ0) is 16.2. The number of nitrogens with zero attached hydrogens (tertiary/aromatic N) is 5. The molecule has 0 atom stereocenters. The van der Waals surface area contributed by atoms with Gasteiger partial charge in [-0.3, -0.25) is 9.69 Å². The number of hydrogen-bond donors (Lipinski definition) is 0. The van der Waals surface area contributed by atoms with Crippen LogP contribution >= 0.6 is 0 Å². The minimum Gasteiger partial charge on any atom is -0.481 e. The van der Waals surface area contributed by atoms with Crippen LogP contribution < -0.4 is 15.2 Å². The molecule has 0 radical (unpaired) electrons. The van der Waals surface area contributed by atoms with Gasteiger partial charge < -0.3 is 9.64 Å². The van der Waals surface area contributed by atoms with E-state index in [9.17, 15) is 4.79 Å². The first-order valence-electron chi connectivity index (χ1n) is 7.65. The Kier molecular flexibility index (Phi) is 4.57. The lowest BCUT2D eigenvalue weighted by atomic mass is 10.2. The monoisotopic (exact) mass is 315 g/mol. The highest BCUT2D eigenvalue weighted by molar-refractivity contribution is 5.43. The number of hydrogen-bond acceptors (Lipinski definition) is 6. The minimum atomic E-state index is -0.0752. The molecule has 122 valence electrons. The highest BCUT2D eigenvalue weighted by Crippen LogP contribution is 2.16. The highest BCUT2D eigenvalue weighted by atomic mass is 16.5. The maximum atomic E-state index is 11.7. The van der Waals surface area contributed by atoms with E-state index in [2.05, 4.69) is 19.9 Å². The second-order valence-electron chi connectivity index (χ2n) is 5.65. The van der Waals surface area contributed by atoms with Crippen molar-refractivity contribution in [1.82, 2.24) is 19.7 Å². The van der Waals surface area contributed by atoms with E-state index in [1.54, 1.807) is 32.6 Å². The van der Waals surface area contributed by atoms with Crippen LogP contribution in [0.5, 0.6) is 5.88 Å². The smallest absolute Gasteiger partial charge is 0.268 e. The molecule has 3 heterocycles. The van der Waals surface area contributed by atoms with Gasteiger partial charge in [0.15, 0.2) is 0 Å². The van der Waals surface area contributed by atoms with Gasteiger partial charge in [-0.1, -0.05) is 0 Å². The lowest BCUT2D eigenvalue weighted by Crippen LogP contribution is -2.46. The average molecular weight is 315 g/mol. The van der Waals surface area contributed by atoms with Gasteiger partial charge in [0.25, 0.3) is 5.56 Å². The maximum absolute atomic E-state index is 11.7. The number of methoxy groups -OCH3 is 1. The Morgan fingerprint density at radius 2 is 2.00 bits per heavy atom. The van der Waals surface area contributed by atoms with Crippen molar-refractivity contribution < 1.29 is 4.74 Å². The van der Waals surface area contributed by atoms with E-state index in [-0.39, 0.29) is 5.56 Å². The molecule has 0 aromatic carbocycles. The van der Waals surface area contributed by atoms with Gasteiger partial charge in [0.1, 0.15) is 0 Å². The molecule has 0 aliphatic carbocycles. The van der Waals surface area contributed by atoms with Gasteiger partial charge in [0, 0.05) is 58.1 Å². The molecule has 7 nitrogen and oxygen atoms in total. The molecular formula is C16H21N5O2. The van der Waals surface area contributed by atoms with E-state index in [1.807, 2.05) is 12.1 Å². The quantitative estimate of drug-likeness (QED) is 0.819. The summed E-state index contributed by atoms with van der Waals surface area (Å²) in [5, 5.41) is 4.09. The van der Waals surface area contributed by atoms with E-state index >= 15 is 0 Å². The molecule has 0 spiro atoms. The number of aryl methyl sites for hydroxylation is 1. The molecule has 2 aromatic rings. The lowest BCUT2D eigenvalue weighted by Gasteiger charge is -2.35. The third-order valence-corrected chi connectivity index (χ3v) is 4.11. The van der Waals surface area contributed by atoms with Crippen molar-refractivity contribution in [3.05, 3.63) is 46.5 Å². The summed E-state index contributed by atoms with van der Waals surface area (Å²) in [6.45, 7) is 4.54. The second kappa shape index (κ2) is 6.78. The predicted molar refractivity (Wildman–Crippen MR) is 87.8 cm³/mol. The fraction of sp³-hybridized carbons (Fsp3) is 0.438. The van der Waals surface area contributed by atoms with Crippen molar-refractivity contribution in [1.29, 1.82) is 0 Å². The van der Waals surface area contributed by atoms with E-state index in [1.165, 1.54) is 10.2 Å². The molecular weight excluding hydrogens is 294 g/mol. The molecule has 1 aliphatic rings. The minimum absolute atomic E-state index is 0.0752. The Labute approximate surface area is 135 Å². The first-order chi connectivity index (χ1) is 11.2. The van der Waals surface area contributed by atoms with Crippen LogP contribution in [-0.4, -0.2) is 53.0 Å². The summed E-state index contributed by atoms with van der Waals surface area (Å²) in [4.78, 5) is 20.4. The van der Waals surface area contributed by atoms with Crippen LogP contribution in [0, 0.1) is 0 Å². The van der Waals surface area contributed by atoms with Gasteiger partial charge in [0.2, 0.25) is 5.88 Å². The summed E-state index contributed by atoms with van der Waals surface area (Å²) in [7, 11) is 3.29. The summed E-state index contributed by atoms with van der Waals surface area (Å²) < 4.78 is 6.51. The Balaban J connectivity index is 1.59. The topological polar surface area (TPSA) is 63.5 Å². The van der Waals surface area contributed by atoms with Gasteiger partial charge in [-0.15, -0.1) is 0 Å². The maximum Gasteiger partial charge on any atom is 0.268 e. The normalized spacial score (nSPS) is 15.7. The van der Waals surface area contributed by atoms with Crippen LogP contribution in [0.1, 0.15) is 5.56 Å². The van der Waals surface area contributed by atoms with Gasteiger partial charge in [0.05, 0.1) is 19.0 Å². The number of aromatic nitrogens is 3. The fourth-order valence-corrected chi connectivity index (χ4v) is 2.72. The van der Waals surface area contributed by atoms with E-state index < -0.39 is 0 Å². The van der Waals surface area contributed by atoms with Crippen LogP contribution in [0.2, 0.25) is 0 Å². The van der Waals surface area contributed by atoms with Crippen molar-refractivity contribution in [3.63, 3.8) is 0 Å². The molecule has 1 fully saturated rings. The molecule has 1 aliphatic heterocycles. The van der Waals surface area contributed by atoms with Crippen LogP contribution in [0.25, 0.3) is 0 Å². The summed E-state index contributed by atoms with van der Waals surface area (Å²) in [6, 6.07) is 5.63. The Bertz CT molecular complexity index is 722. The molecule has 0 unspecified atom stereocenters. The van der Waals surface area contributed by atoms with Gasteiger partial charge >= 0.3 is 0 Å². The third-order valence-electron chi connectivity index (χ3n) is 4.11. The zero-order valence-corrected chi connectivity index (χ0v) is 13.5. The lowest BCUT2D eigenvalue weighted by molar-refractivity contribution is 0.249. The van der Waals surface area contributed by atoms with Crippen LogP contribution in [-0.2, 0) is 13.6 Å². The Morgan fingerprint density at radius 1 is 1.22 bits per heavy atom. The van der Waals surface area contributed by atoms with Crippen molar-refractivity contribution in [2.45, 2.75) is 6.54 Å². The third kappa shape index (κ3) is 3.68. The summed E-state index contributed by atoms with van der Waals surface area (Å²) >= 11 is 0. The number of rotatable bonds is 4. The highest BCUT2D eigenvalue weighted by Gasteiger charge is 2.18. The molecule has 23 heavy (non-hydrogen) atoms.